The molecule has 0 aliphatic heterocycles. The third-order valence-electron chi connectivity index (χ3n) is 6.27. The van der Waals surface area contributed by atoms with Gasteiger partial charge >= 0.3 is 0 Å². The van der Waals surface area contributed by atoms with Crippen LogP contribution in [-0.2, 0) is 17.1 Å². The lowest BCUT2D eigenvalue weighted by Crippen LogP contribution is -2.21. The molecule has 9 nitrogen and oxygen atoms in total. The number of nitrogens with zero attached hydrogens (tertiary/aromatic N) is 3. The number of benzene rings is 2. The number of fused-ring (bicyclic) bond motifs is 2. The third-order valence-corrected chi connectivity index (χ3v) is 7.99. The van der Waals surface area contributed by atoms with Gasteiger partial charge in [0.25, 0.3) is 10.0 Å². The summed E-state index contributed by atoms with van der Waals surface area (Å²) in [6.45, 7) is 1.33. The van der Waals surface area contributed by atoms with Crippen LogP contribution in [0.1, 0.15) is 5.56 Å². The molecule has 3 aromatic heterocycles. The summed E-state index contributed by atoms with van der Waals surface area (Å²) >= 11 is 0. The Labute approximate surface area is 214 Å². The zero-order chi connectivity index (χ0) is 26.3. The quantitative estimate of drug-likeness (QED) is 0.321. The lowest BCUT2D eigenvalue weighted by molar-refractivity contribution is 0.0528. The van der Waals surface area contributed by atoms with Crippen molar-refractivity contribution in [2.75, 3.05) is 20.3 Å². The molecule has 0 radical (unpaired) electrons. The lowest BCUT2D eigenvalue weighted by Gasteiger charge is -2.14. The summed E-state index contributed by atoms with van der Waals surface area (Å²) in [7, 11) is -0.623. The van der Waals surface area contributed by atoms with E-state index in [1.807, 2.05) is 36.9 Å². The molecule has 3 heterocycles. The maximum absolute atomic E-state index is 14.0. The van der Waals surface area contributed by atoms with Gasteiger partial charge in [0.2, 0.25) is 0 Å². The van der Waals surface area contributed by atoms with E-state index in [-0.39, 0.29) is 11.5 Å². The van der Waals surface area contributed by atoms with E-state index in [2.05, 4.69) is 4.98 Å². The van der Waals surface area contributed by atoms with Crippen LogP contribution in [0.25, 0.3) is 33.2 Å². The van der Waals surface area contributed by atoms with E-state index < -0.39 is 22.7 Å². The summed E-state index contributed by atoms with van der Waals surface area (Å²) in [6.07, 6.45) is 2.37. The highest BCUT2D eigenvalue weighted by Gasteiger charge is 2.27. The summed E-state index contributed by atoms with van der Waals surface area (Å²) in [6, 6.07) is 15.7. The molecule has 0 spiro atoms. The minimum atomic E-state index is -4.00. The van der Waals surface area contributed by atoms with Gasteiger partial charge in [0.05, 0.1) is 29.8 Å². The van der Waals surface area contributed by atoms with E-state index in [4.69, 9.17) is 14.6 Å². The van der Waals surface area contributed by atoms with E-state index in [1.165, 1.54) is 11.1 Å². The molecule has 2 N–H and O–H groups in total. The van der Waals surface area contributed by atoms with Gasteiger partial charge in [-0.15, -0.1) is 0 Å². The molecular formula is C27H27N3O6S. The second kappa shape index (κ2) is 9.55. The summed E-state index contributed by atoms with van der Waals surface area (Å²) in [5.74, 6) is 0.803. The molecule has 0 fully saturated rings. The van der Waals surface area contributed by atoms with E-state index in [9.17, 15) is 13.5 Å². The van der Waals surface area contributed by atoms with Crippen LogP contribution in [0.5, 0.6) is 11.5 Å². The molecule has 0 aliphatic carbocycles. The van der Waals surface area contributed by atoms with Crippen molar-refractivity contribution < 1.29 is 28.1 Å². The van der Waals surface area contributed by atoms with Crippen LogP contribution >= 0.6 is 0 Å². The Kier molecular flexibility index (Phi) is 6.40. The van der Waals surface area contributed by atoms with Crippen LogP contribution in [0.4, 0.5) is 0 Å². The summed E-state index contributed by atoms with van der Waals surface area (Å²) in [5, 5.41) is 20.3. The molecule has 192 valence electrons. The Morgan fingerprint density at radius 2 is 1.84 bits per heavy atom. The van der Waals surface area contributed by atoms with E-state index >= 15 is 0 Å². The van der Waals surface area contributed by atoms with Crippen LogP contribution in [0.15, 0.2) is 71.9 Å². The molecule has 5 rings (SSSR count). The van der Waals surface area contributed by atoms with E-state index in [0.29, 0.717) is 33.8 Å². The van der Waals surface area contributed by atoms with Crippen molar-refractivity contribution >= 4 is 32.0 Å². The summed E-state index contributed by atoms with van der Waals surface area (Å²) in [5.41, 5.74) is 3.18. The Hall–Kier alpha value is -3.86. The second-order valence-electron chi connectivity index (χ2n) is 8.85. The van der Waals surface area contributed by atoms with Gasteiger partial charge in [-0.3, -0.25) is 0 Å². The number of methoxy groups -OCH3 is 1. The zero-order valence-electron chi connectivity index (χ0n) is 20.6. The van der Waals surface area contributed by atoms with E-state index in [0.717, 1.165) is 16.5 Å². The molecular weight excluding hydrogens is 494 g/mol. The van der Waals surface area contributed by atoms with Crippen LogP contribution in [0.3, 0.4) is 0 Å². The van der Waals surface area contributed by atoms with Crippen molar-refractivity contribution in [1.82, 2.24) is 13.5 Å². The molecule has 5 aromatic rings. The standard InChI is InChI=1S/C27H27N3O6S/c1-17-6-8-20(9-7-17)37(33,34)30-24(11-18-5-4-10-28-27(18)30)22-14-29(2)23-13-25(35-3)26(12-21(22)23)36-16-19(32)15-31/h4-14,19,31-32H,15-16H2,1-3H3. The van der Waals surface area contributed by atoms with Gasteiger partial charge in [-0.05, 0) is 43.3 Å². The number of rotatable bonds is 8. The van der Waals surface area contributed by atoms with Gasteiger partial charge in [0, 0.05) is 41.8 Å². The van der Waals surface area contributed by atoms with Gasteiger partial charge in [-0.25, -0.2) is 17.4 Å². The number of ether oxygens (including phenoxy) is 2. The highest BCUT2D eigenvalue weighted by molar-refractivity contribution is 7.90. The minimum absolute atomic E-state index is 0.132. The molecule has 0 saturated heterocycles. The minimum Gasteiger partial charge on any atom is -0.493 e. The van der Waals surface area contributed by atoms with Crippen molar-refractivity contribution in [3.8, 4) is 22.8 Å². The second-order valence-corrected chi connectivity index (χ2v) is 10.6. The Morgan fingerprint density at radius 1 is 1.08 bits per heavy atom. The first-order valence-electron chi connectivity index (χ1n) is 11.6. The Morgan fingerprint density at radius 3 is 2.54 bits per heavy atom. The number of hydrogen-bond acceptors (Lipinski definition) is 7. The van der Waals surface area contributed by atoms with Crippen molar-refractivity contribution in [3.63, 3.8) is 0 Å². The van der Waals surface area contributed by atoms with E-state index in [1.54, 1.807) is 48.7 Å². The predicted octanol–water partition coefficient (Wildman–Crippen LogP) is 3.48. The summed E-state index contributed by atoms with van der Waals surface area (Å²) in [4.78, 5) is 4.57. The van der Waals surface area contributed by atoms with Crippen LogP contribution in [-0.4, -0.2) is 58.6 Å². The molecule has 1 unspecified atom stereocenters. The normalized spacial score (nSPS) is 12.8. The summed E-state index contributed by atoms with van der Waals surface area (Å²) < 4.78 is 42.3. The highest BCUT2D eigenvalue weighted by Crippen LogP contribution is 2.40. The number of pyridine rings is 1. The third kappa shape index (κ3) is 4.33. The average molecular weight is 522 g/mol. The maximum Gasteiger partial charge on any atom is 0.269 e. The van der Waals surface area contributed by atoms with Gasteiger partial charge in [0.1, 0.15) is 12.7 Å². The van der Waals surface area contributed by atoms with Crippen molar-refractivity contribution in [2.45, 2.75) is 17.9 Å². The number of aliphatic hydroxyl groups is 2. The largest absolute Gasteiger partial charge is 0.493 e. The molecule has 10 heteroatoms. The van der Waals surface area contributed by atoms with Gasteiger partial charge in [-0.1, -0.05) is 17.7 Å². The Bertz CT molecular complexity index is 1700. The fourth-order valence-corrected chi connectivity index (χ4v) is 5.84. The molecule has 0 aliphatic rings. The first-order valence-corrected chi connectivity index (χ1v) is 13.1. The maximum atomic E-state index is 14.0. The first-order chi connectivity index (χ1) is 17.7. The molecule has 37 heavy (non-hydrogen) atoms. The topological polar surface area (TPSA) is 116 Å². The van der Waals surface area contributed by atoms with Gasteiger partial charge in [0.15, 0.2) is 17.1 Å². The van der Waals surface area contributed by atoms with Crippen LogP contribution in [0, 0.1) is 6.92 Å². The number of aromatic nitrogens is 3. The highest BCUT2D eigenvalue weighted by atomic mass is 32.2. The average Bonchev–Trinajstić information content (AvgIpc) is 3.44. The van der Waals surface area contributed by atoms with Crippen LogP contribution < -0.4 is 9.47 Å². The zero-order valence-corrected chi connectivity index (χ0v) is 21.4. The van der Waals surface area contributed by atoms with Gasteiger partial charge < -0.3 is 24.3 Å². The number of aliphatic hydroxyl groups excluding tert-OH is 2. The first kappa shape index (κ1) is 24.8. The monoisotopic (exact) mass is 521 g/mol. The smallest absolute Gasteiger partial charge is 0.269 e. The fraction of sp³-hybridized carbons (Fsp3) is 0.222. The lowest BCUT2D eigenvalue weighted by atomic mass is 10.1. The predicted molar refractivity (Wildman–Crippen MR) is 141 cm³/mol. The Balaban J connectivity index is 1.76. The van der Waals surface area contributed by atoms with Crippen molar-refractivity contribution in [1.29, 1.82) is 0 Å². The molecule has 0 saturated carbocycles. The molecule has 2 aromatic carbocycles. The fourth-order valence-electron chi connectivity index (χ4n) is 4.36. The SMILES string of the molecule is COc1cc2c(cc1OCC(O)CO)c(-c1cc3cccnc3n1S(=O)(=O)c1ccc(C)cc1)cn2C. The molecule has 0 bridgehead atoms. The molecule has 0 amide bonds. The van der Waals surface area contributed by atoms with Gasteiger partial charge in [-0.2, -0.15) is 0 Å². The number of hydrogen-bond donors (Lipinski definition) is 2. The van der Waals surface area contributed by atoms with Crippen LogP contribution in [0.2, 0.25) is 0 Å². The number of aryl methyl sites for hydroxylation is 2. The van der Waals surface area contributed by atoms with Crippen molar-refractivity contribution in [2.24, 2.45) is 7.05 Å². The van der Waals surface area contributed by atoms with Crippen molar-refractivity contribution in [3.05, 3.63) is 72.6 Å². The molecule has 1 atom stereocenters.